The van der Waals surface area contributed by atoms with Gasteiger partial charge in [0.15, 0.2) is 0 Å². The van der Waals surface area contributed by atoms with Crippen LogP contribution in [0.2, 0.25) is 0 Å². The maximum absolute atomic E-state index is 12.5. The largest absolute Gasteiger partial charge is 0.491 e. The molecule has 2 aromatic rings. The summed E-state index contributed by atoms with van der Waals surface area (Å²) < 4.78 is 10.9. The maximum Gasteiger partial charge on any atom is 0.226 e. The number of fused-ring (bicyclic) bond motifs is 1. The van der Waals surface area contributed by atoms with Crippen molar-refractivity contribution in [2.45, 2.75) is 51.7 Å². The molecule has 0 spiro atoms. The van der Waals surface area contributed by atoms with Crippen molar-refractivity contribution in [1.29, 1.82) is 0 Å². The summed E-state index contributed by atoms with van der Waals surface area (Å²) in [6, 6.07) is 11.7. The fourth-order valence-electron chi connectivity index (χ4n) is 3.35. The molecule has 26 heavy (non-hydrogen) atoms. The van der Waals surface area contributed by atoms with Crippen LogP contribution in [0.4, 0.5) is 0 Å². The number of amides is 1. The minimum atomic E-state index is -0.0289. The van der Waals surface area contributed by atoms with Crippen molar-refractivity contribution in [2.75, 3.05) is 7.11 Å². The normalized spacial score (nSPS) is 16.1. The van der Waals surface area contributed by atoms with Crippen LogP contribution in [0.1, 0.15) is 49.6 Å². The number of aromatic nitrogens is 1. The Balaban J connectivity index is 1.71. The number of methoxy groups -OCH3 is 1. The third-order valence-electron chi connectivity index (χ3n) is 4.47. The van der Waals surface area contributed by atoms with Gasteiger partial charge in [-0.15, -0.1) is 0 Å². The number of carbonyl (C=O) groups excluding carboxylic acids is 1. The summed E-state index contributed by atoms with van der Waals surface area (Å²) in [5.74, 6) is 1.35. The van der Waals surface area contributed by atoms with Crippen molar-refractivity contribution >= 4 is 5.91 Å². The number of hydrogen-bond acceptors (Lipinski definition) is 4. The summed E-state index contributed by atoms with van der Waals surface area (Å²) in [7, 11) is 1.57. The number of carbonyl (C=O) groups is 1. The van der Waals surface area contributed by atoms with Crippen molar-refractivity contribution in [2.24, 2.45) is 0 Å². The smallest absolute Gasteiger partial charge is 0.226 e. The first-order valence-corrected chi connectivity index (χ1v) is 9.14. The Kier molecular flexibility index (Phi) is 5.76. The standard InChI is InChI=1S/C21H26N2O3/c1-14(2)26-17-11-10-15-6-4-8-19(18(15)13-17)23-20(24)12-16-7-5-9-21(22-16)25-3/h5,7,9-11,13-14,19H,4,6,8,12H2,1-3H3,(H,23,24)/t19-/m1/s1. The Labute approximate surface area is 154 Å². The Bertz CT molecular complexity index is 774. The summed E-state index contributed by atoms with van der Waals surface area (Å²) >= 11 is 0. The van der Waals surface area contributed by atoms with Gasteiger partial charge in [-0.3, -0.25) is 4.79 Å². The van der Waals surface area contributed by atoms with Crippen LogP contribution < -0.4 is 14.8 Å². The van der Waals surface area contributed by atoms with E-state index in [9.17, 15) is 4.79 Å². The van der Waals surface area contributed by atoms with Crippen LogP contribution in [0.5, 0.6) is 11.6 Å². The number of aryl methyl sites for hydroxylation is 1. The first kappa shape index (κ1) is 18.2. The van der Waals surface area contributed by atoms with Crippen LogP contribution in [-0.2, 0) is 17.6 Å². The van der Waals surface area contributed by atoms with E-state index in [1.54, 1.807) is 13.2 Å². The van der Waals surface area contributed by atoms with Gasteiger partial charge in [-0.1, -0.05) is 12.1 Å². The molecule has 1 aromatic heterocycles. The van der Waals surface area contributed by atoms with Crippen molar-refractivity contribution < 1.29 is 14.3 Å². The molecule has 1 aliphatic carbocycles. The highest BCUT2D eigenvalue weighted by molar-refractivity contribution is 5.78. The molecule has 0 saturated carbocycles. The lowest BCUT2D eigenvalue weighted by molar-refractivity contribution is -0.121. The minimum Gasteiger partial charge on any atom is -0.491 e. The fourth-order valence-corrected chi connectivity index (χ4v) is 3.35. The monoisotopic (exact) mass is 354 g/mol. The third kappa shape index (κ3) is 4.54. The van der Waals surface area contributed by atoms with E-state index >= 15 is 0 Å². The quantitative estimate of drug-likeness (QED) is 0.861. The number of ether oxygens (including phenoxy) is 2. The molecule has 0 unspecified atom stereocenters. The fraction of sp³-hybridized carbons (Fsp3) is 0.429. The summed E-state index contributed by atoms with van der Waals surface area (Å²) in [5.41, 5.74) is 3.16. The van der Waals surface area contributed by atoms with Crippen molar-refractivity contribution in [3.05, 3.63) is 53.2 Å². The predicted molar refractivity (Wildman–Crippen MR) is 101 cm³/mol. The molecule has 3 rings (SSSR count). The zero-order valence-electron chi connectivity index (χ0n) is 15.6. The molecule has 0 bridgehead atoms. The molecular weight excluding hydrogens is 328 g/mol. The molecule has 0 radical (unpaired) electrons. The van der Waals surface area contributed by atoms with E-state index < -0.39 is 0 Å². The first-order valence-electron chi connectivity index (χ1n) is 9.14. The molecule has 1 aromatic carbocycles. The van der Waals surface area contributed by atoms with Gasteiger partial charge in [-0.25, -0.2) is 4.98 Å². The van der Waals surface area contributed by atoms with Crippen LogP contribution in [0.15, 0.2) is 36.4 Å². The van der Waals surface area contributed by atoms with Gasteiger partial charge in [0.25, 0.3) is 0 Å². The molecule has 1 amide bonds. The summed E-state index contributed by atoms with van der Waals surface area (Å²) in [4.78, 5) is 16.8. The number of pyridine rings is 1. The van der Waals surface area contributed by atoms with Crippen LogP contribution in [-0.4, -0.2) is 24.1 Å². The molecule has 1 atom stereocenters. The maximum atomic E-state index is 12.5. The Morgan fingerprint density at radius 1 is 1.31 bits per heavy atom. The van der Waals surface area contributed by atoms with E-state index in [0.29, 0.717) is 11.6 Å². The highest BCUT2D eigenvalue weighted by Crippen LogP contribution is 2.32. The third-order valence-corrected chi connectivity index (χ3v) is 4.47. The predicted octanol–water partition coefficient (Wildman–Crippen LogP) is 3.61. The van der Waals surface area contributed by atoms with Crippen LogP contribution >= 0.6 is 0 Å². The number of hydrogen-bond donors (Lipinski definition) is 1. The second-order valence-electron chi connectivity index (χ2n) is 6.89. The van der Waals surface area contributed by atoms with Gasteiger partial charge >= 0.3 is 0 Å². The van der Waals surface area contributed by atoms with Crippen molar-refractivity contribution in [3.8, 4) is 11.6 Å². The molecule has 0 saturated heterocycles. The van der Waals surface area contributed by atoms with Crippen LogP contribution in [0.3, 0.4) is 0 Å². The number of rotatable bonds is 6. The zero-order valence-corrected chi connectivity index (χ0v) is 15.6. The Hall–Kier alpha value is -2.56. The number of nitrogens with zero attached hydrogens (tertiary/aromatic N) is 1. The molecule has 0 fully saturated rings. The van der Waals surface area contributed by atoms with Gasteiger partial charge in [0.05, 0.1) is 31.4 Å². The number of nitrogens with one attached hydrogen (secondary N) is 1. The Morgan fingerprint density at radius 3 is 2.92 bits per heavy atom. The first-order chi connectivity index (χ1) is 12.5. The van der Waals surface area contributed by atoms with E-state index in [1.807, 2.05) is 32.0 Å². The van der Waals surface area contributed by atoms with Crippen LogP contribution in [0, 0.1) is 0 Å². The lowest BCUT2D eigenvalue weighted by Crippen LogP contribution is -2.32. The average Bonchev–Trinajstić information content (AvgIpc) is 2.62. The van der Waals surface area contributed by atoms with E-state index in [2.05, 4.69) is 22.4 Å². The summed E-state index contributed by atoms with van der Waals surface area (Å²) in [5, 5.41) is 3.17. The van der Waals surface area contributed by atoms with Gasteiger partial charge in [0.1, 0.15) is 5.75 Å². The summed E-state index contributed by atoms with van der Waals surface area (Å²) in [6.45, 7) is 4.03. The highest BCUT2D eigenvalue weighted by atomic mass is 16.5. The van der Waals surface area contributed by atoms with Gasteiger partial charge in [-0.2, -0.15) is 0 Å². The second kappa shape index (κ2) is 8.21. The van der Waals surface area contributed by atoms with E-state index in [-0.39, 0.29) is 24.5 Å². The van der Waals surface area contributed by atoms with Gasteiger partial charge in [0.2, 0.25) is 11.8 Å². The number of benzene rings is 1. The van der Waals surface area contributed by atoms with Crippen molar-refractivity contribution in [3.63, 3.8) is 0 Å². The van der Waals surface area contributed by atoms with Crippen LogP contribution in [0.25, 0.3) is 0 Å². The molecule has 1 aliphatic rings. The zero-order chi connectivity index (χ0) is 18.5. The topological polar surface area (TPSA) is 60.5 Å². The van der Waals surface area contributed by atoms with E-state index in [4.69, 9.17) is 9.47 Å². The highest BCUT2D eigenvalue weighted by Gasteiger charge is 2.23. The summed E-state index contributed by atoms with van der Waals surface area (Å²) in [6.07, 6.45) is 3.42. The van der Waals surface area contributed by atoms with Crippen molar-refractivity contribution in [1.82, 2.24) is 10.3 Å². The minimum absolute atomic E-state index is 0.0209. The Morgan fingerprint density at radius 2 is 2.15 bits per heavy atom. The SMILES string of the molecule is COc1cccc(CC(=O)N[C@@H]2CCCc3ccc(OC(C)C)cc32)n1. The lowest BCUT2D eigenvalue weighted by atomic mass is 9.87. The van der Waals surface area contributed by atoms with Gasteiger partial charge in [0, 0.05) is 6.07 Å². The molecular formula is C21H26N2O3. The molecule has 5 nitrogen and oxygen atoms in total. The molecule has 5 heteroatoms. The van der Waals surface area contributed by atoms with Gasteiger partial charge in [-0.05, 0) is 62.4 Å². The van der Waals surface area contributed by atoms with E-state index in [1.165, 1.54) is 11.1 Å². The van der Waals surface area contributed by atoms with E-state index in [0.717, 1.165) is 25.0 Å². The lowest BCUT2D eigenvalue weighted by Gasteiger charge is -2.27. The molecule has 138 valence electrons. The average molecular weight is 354 g/mol. The molecule has 1 heterocycles. The molecule has 1 N–H and O–H groups in total. The molecule has 0 aliphatic heterocycles. The van der Waals surface area contributed by atoms with Gasteiger partial charge < -0.3 is 14.8 Å². The second-order valence-corrected chi connectivity index (χ2v) is 6.89.